The van der Waals surface area contributed by atoms with Gasteiger partial charge in [0.05, 0.1) is 6.42 Å². The minimum atomic E-state index is -0.647. The Morgan fingerprint density at radius 3 is 2.07 bits per heavy atom. The first-order valence-electron chi connectivity index (χ1n) is 9.79. The molecule has 3 rings (SSSR count). The third-order valence-electron chi connectivity index (χ3n) is 4.97. The number of nitrogens with one attached hydrogen (secondary N) is 3. The van der Waals surface area contributed by atoms with Crippen LogP contribution in [0.1, 0.15) is 24.0 Å². The zero-order valence-corrected chi connectivity index (χ0v) is 17.6. The number of carbonyl (C=O) groups is 2. The molecule has 3 N–H and O–H groups in total. The first-order valence-corrected chi connectivity index (χ1v) is 10.5. The smallest absolute Gasteiger partial charge is 0.243 e. The SMILES string of the molecule is O=C(Cc1ccc(Cl)cc1)N[C@H](Cc1ccc(Cl)cc1)C(=O)NC1CCNCC1. The number of rotatable bonds is 7. The molecule has 1 heterocycles. The molecule has 0 radical (unpaired) electrons. The van der Waals surface area contributed by atoms with Crippen LogP contribution in [0.2, 0.25) is 10.0 Å². The molecular formula is C22H25Cl2N3O2. The predicted octanol–water partition coefficient (Wildman–Crippen LogP) is 3.13. The van der Waals surface area contributed by atoms with Gasteiger partial charge in [-0.05, 0) is 61.3 Å². The van der Waals surface area contributed by atoms with Crippen LogP contribution in [0.5, 0.6) is 0 Å². The molecule has 1 aliphatic heterocycles. The molecule has 0 bridgehead atoms. The lowest BCUT2D eigenvalue weighted by atomic mass is 10.0. The Balaban J connectivity index is 1.66. The van der Waals surface area contributed by atoms with Crippen LogP contribution in [0.3, 0.4) is 0 Å². The van der Waals surface area contributed by atoms with Crippen LogP contribution in [0, 0.1) is 0 Å². The lowest BCUT2D eigenvalue weighted by Crippen LogP contribution is -2.52. The maximum atomic E-state index is 12.9. The first kappa shape index (κ1) is 21.6. The second-order valence-corrected chi connectivity index (χ2v) is 8.16. The molecule has 0 saturated carbocycles. The van der Waals surface area contributed by atoms with Crippen LogP contribution in [0.15, 0.2) is 48.5 Å². The molecule has 154 valence electrons. The number of amides is 2. The molecule has 1 aliphatic rings. The molecule has 29 heavy (non-hydrogen) atoms. The van der Waals surface area contributed by atoms with Crippen molar-refractivity contribution >= 4 is 35.0 Å². The zero-order valence-electron chi connectivity index (χ0n) is 16.1. The molecular weight excluding hydrogens is 409 g/mol. The van der Waals surface area contributed by atoms with Gasteiger partial charge in [-0.3, -0.25) is 9.59 Å². The number of carbonyl (C=O) groups excluding carboxylic acids is 2. The highest BCUT2D eigenvalue weighted by atomic mass is 35.5. The molecule has 0 unspecified atom stereocenters. The third kappa shape index (κ3) is 7.03. The second kappa shape index (κ2) is 10.6. The van der Waals surface area contributed by atoms with Gasteiger partial charge in [0, 0.05) is 22.5 Å². The van der Waals surface area contributed by atoms with Gasteiger partial charge in [0.25, 0.3) is 0 Å². The highest BCUT2D eigenvalue weighted by Crippen LogP contribution is 2.13. The lowest BCUT2D eigenvalue weighted by molar-refractivity contribution is -0.129. The number of hydrogen-bond donors (Lipinski definition) is 3. The largest absolute Gasteiger partial charge is 0.351 e. The van der Waals surface area contributed by atoms with Crippen LogP contribution < -0.4 is 16.0 Å². The van der Waals surface area contributed by atoms with Gasteiger partial charge in [-0.1, -0.05) is 47.5 Å². The zero-order chi connectivity index (χ0) is 20.6. The third-order valence-corrected chi connectivity index (χ3v) is 5.47. The average Bonchev–Trinajstić information content (AvgIpc) is 2.71. The van der Waals surface area contributed by atoms with Crippen molar-refractivity contribution in [2.45, 2.75) is 37.8 Å². The molecule has 7 heteroatoms. The summed E-state index contributed by atoms with van der Waals surface area (Å²) < 4.78 is 0. The van der Waals surface area contributed by atoms with E-state index >= 15 is 0 Å². The Morgan fingerprint density at radius 2 is 1.48 bits per heavy atom. The Kier molecular flexibility index (Phi) is 7.92. The van der Waals surface area contributed by atoms with E-state index in [0.717, 1.165) is 37.1 Å². The summed E-state index contributed by atoms with van der Waals surface area (Å²) in [5.74, 6) is -0.358. The van der Waals surface area contributed by atoms with E-state index < -0.39 is 6.04 Å². The van der Waals surface area contributed by atoms with Crippen molar-refractivity contribution in [3.63, 3.8) is 0 Å². The molecule has 1 saturated heterocycles. The minimum Gasteiger partial charge on any atom is -0.351 e. The van der Waals surface area contributed by atoms with Crippen molar-refractivity contribution in [3.05, 3.63) is 69.7 Å². The molecule has 2 aromatic rings. The quantitative estimate of drug-likeness (QED) is 0.627. The highest BCUT2D eigenvalue weighted by Gasteiger charge is 2.24. The predicted molar refractivity (Wildman–Crippen MR) is 116 cm³/mol. The Hall–Kier alpha value is -2.08. The first-order chi connectivity index (χ1) is 14.0. The van der Waals surface area contributed by atoms with Crippen LogP contribution in [0.25, 0.3) is 0 Å². The van der Waals surface area contributed by atoms with Gasteiger partial charge in [-0.15, -0.1) is 0 Å². The second-order valence-electron chi connectivity index (χ2n) is 7.29. The van der Waals surface area contributed by atoms with Gasteiger partial charge in [0.15, 0.2) is 0 Å². The fraction of sp³-hybridized carbons (Fsp3) is 0.364. The van der Waals surface area contributed by atoms with E-state index in [1.165, 1.54) is 0 Å². The van der Waals surface area contributed by atoms with E-state index in [9.17, 15) is 9.59 Å². The van der Waals surface area contributed by atoms with Crippen molar-refractivity contribution in [2.75, 3.05) is 13.1 Å². The molecule has 0 spiro atoms. The Bertz CT molecular complexity index is 819. The van der Waals surface area contributed by atoms with Gasteiger partial charge in [0.2, 0.25) is 11.8 Å². The summed E-state index contributed by atoms with van der Waals surface area (Å²) in [4.78, 5) is 25.5. The fourth-order valence-electron chi connectivity index (χ4n) is 3.37. The maximum absolute atomic E-state index is 12.9. The van der Waals surface area contributed by atoms with Gasteiger partial charge in [-0.2, -0.15) is 0 Å². The molecule has 2 aromatic carbocycles. The van der Waals surface area contributed by atoms with E-state index in [0.29, 0.717) is 16.5 Å². The summed E-state index contributed by atoms with van der Waals surface area (Å²) >= 11 is 11.9. The van der Waals surface area contributed by atoms with E-state index in [1.807, 2.05) is 24.3 Å². The Morgan fingerprint density at radius 1 is 0.931 bits per heavy atom. The number of hydrogen-bond acceptors (Lipinski definition) is 3. The van der Waals surface area contributed by atoms with Crippen LogP contribution in [-0.4, -0.2) is 37.0 Å². The topological polar surface area (TPSA) is 70.2 Å². The average molecular weight is 434 g/mol. The summed E-state index contributed by atoms with van der Waals surface area (Å²) in [5, 5.41) is 10.5. The van der Waals surface area contributed by atoms with Crippen molar-refractivity contribution in [3.8, 4) is 0 Å². The summed E-state index contributed by atoms with van der Waals surface area (Å²) in [5.41, 5.74) is 1.78. The normalized spacial score (nSPS) is 15.5. The van der Waals surface area contributed by atoms with Gasteiger partial charge in [-0.25, -0.2) is 0 Å². The van der Waals surface area contributed by atoms with E-state index in [1.54, 1.807) is 24.3 Å². The number of benzene rings is 2. The summed E-state index contributed by atoms with van der Waals surface area (Å²) in [6.45, 7) is 1.77. The minimum absolute atomic E-state index is 0.129. The summed E-state index contributed by atoms with van der Waals surface area (Å²) in [7, 11) is 0. The van der Waals surface area contributed by atoms with Crippen molar-refractivity contribution < 1.29 is 9.59 Å². The lowest BCUT2D eigenvalue weighted by Gasteiger charge is -2.26. The highest BCUT2D eigenvalue weighted by molar-refractivity contribution is 6.30. The Labute approximate surface area is 181 Å². The summed E-state index contributed by atoms with van der Waals surface area (Å²) in [6, 6.07) is 13.9. The van der Waals surface area contributed by atoms with Crippen LogP contribution >= 0.6 is 23.2 Å². The molecule has 2 amide bonds. The number of piperidine rings is 1. The van der Waals surface area contributed by atoms with E-state index in [4.69, 9.17) is 23.2 Å². The van der Waals surface area contributed by atoms with Crippen LogP contribution in [-0.2, 0) is 22.4 Å². The van der Waals surface area contributed by atoms with Crippen molar-refractivity contribution in [1.29, 1.82) is 0 Å². The fourth-order valence-corrected chi connectivity index (χ4v) is 3.62. The van der Waals surface area contributed by atoms with E-state index in [2.05, 4.69) is 16.0 Å². The molecule has 1 atom stereocenters. The van der Waals surface area contributed by atoms with Crippen molar-refractivity contribution in [2.24, 2.45) is 0 Å². The molecule has 1 fully saturated rings. The number of halogens is 2. The van der Waals surface area contributed by atoms with E-state index in [-0.39, 0.29) is 24.3 Å². The molecule has 5 nitrogen and oxygen atoms in total. The standard InChI is InChI=1S/C22H25Cl2N3O2/c23-17-5-1-15(2-6-17)13-20(22(29)26-19-9-11-25-12-10-19)27-21(28)14-16-3-7-18(24)8-4-16/h1-8,19-20,25H,9-14H2,(H,26,29)(H,27,28)/t20-/m1/s1. The maximum Gasteiger partial charge on any atom is 0.243 e. The van der Waals surface area contributed by atoms with Gasteiger partial charge < -0.3 is 16.0 Å². The van der Waals surface area contributed by atoms with Gasteiger partial charge in [0.1, 0.15) is 6.04 Å². The summed E-state index contributed by atoms with van der Waals surface area (Å²) in [6.07, 6.45) is 2.37. The van der Waals surface area contributed by atoms with Crippen LogP contribution in [0.4, 0.5) is 0 Å². The van der Waals surface area contributed by atoms with Gasteiger partial charge >= 0.3 is 0 Å². The molecule has 0 aliphatic carbocycles. The monoisotopic (exact) mass is 433 g/mol. The molecule has 0 aromatic heterocycles. The van der Waals surface area contributed by atoms with Crippen molar-refractivity contribution in [1.82, 2.24) is 16.0 Å².